The molecule has 0 radical (unpaired) electrons. The summed E-state index contributed by atoms with van der Waals surface area (Å²) in [6, 6.07) is 5.94. The number of anilines is 1. The molecule has 0 amide bonds. The Morgan fingerprint density at radius 3 is 2.82 bits per heavy atom. The smallest absolute Gasteiger partial charge is 0.216 e. The van der Waals surface area contributed by atoms with Gasteiger partial charge < -0.3 is 5.73 Å². The second-order valence-corrected chi connectivity index (χ2v) is 5.20. The molecule has 0 spiro atoms. The maximum atomic E-state index is 6.30. The van der Waals surface area contributed by atoms with Crippen molar-refractivity contribution in [3.8, 4) is 0 Å². The Balaban J connectivity index is 2.43. The zero-order chi connectivity index (χ0) is 12.0. The molecule has 0 aliphatic heterocycles. The summed E-state index contributed by atoms with van der Waals surface area (Å²) in [5.74, 6) is 0. The Bertz CT molecular complexity index is 605. The molecule has 0 saturated carbocycles. The average molecular weight is 248 g/mol. The number of nitrogen functional groups attached to an aromatic ring is 1. The Hall–Kier alpha value is -1.28. The van der Waals surface area contributed by atoms with Gasteiger partial charge in [0.1, 0.15) is 7.05 Å². The first-order valence-electron chi connectivity index (χ1n) is 6.07. The molecule has 88 valence electrons. The van der Waals surface area contributed by atoms with Gasteiger partial charge in [-0.05, 0) is 31.4 Å². The highest BCUT2D eigenvalue weighted by Crippen LogP contribution is 2.30. The lowest BCUT2D eigenvalue weighted by Gasteiger charge is -2.17. The van der Waals surface area contributed by atoms with Gasteiger partial charge in [0.25, 0.3) is 0 Å². The van der Waals surface area contributed by atoms with E-state index in [1.165, 1.54) is 24.1 Å². The molecule has 0 bridgehead atoms. The number of aromatic nitrogens is 1. The van der Waals surface area contributed by atoms with E-state index in [4.69, 9.17) is 17.3 Å². The Morgan fingerprint density at radius 2 is 2.00 bits per heavy atom. The number of benzene rings is 1. The topological polar surface area (TPSA) is 29.9 Å². The molecule has 1 heterocycles. The maximum absolute atomic E-state index is 6.30. The molecular formula is C14H16ClN2+. The van der Waals surface area contributed by atoms with Crippen LogP contribution in [-0.4, -0.2) is 0 Å². The van der Waals surface area contributed by atoms with Gasteiger partial charge in [-0.1, -0.05) is 11.6 Å². The first-order chi connectivity index (χ1) is 8.18. The van der Waals surface area contributed by atoms with Gasteiger partial charge in [-0.15, -0.1) is 0 Å². The second-order valence-electron chi connectivity index (χ2n) is 4.77. The predicted molar refractivity (Wildman–Crippen MR) is 71.2 cm³/mol. The van der Waals surface area contributed by atoms with Crippen LogP contribution >= 0.6 is 11.6 Å². The highest BCUT2D eigenvalue weighted by Gasteiger charge is 2.24. The van der Waals surface area contributed by atoms with E-state index in [1.807, 2.05) is 18.2 Å². The molecule has 0 atom stereocenters. The van der Waals surface area contributed by atoms with Crippen LogP contribution in [-0.2, 0) is 19.9 Å². The van der Waals surface area contributed by atoms with Crippen LogP contribution in [0.25, 0.3) is 10.9 Å². The molecule has 1 aliphatic carbocycles. The minimum absolute atomic E-state index is 0.767. The molecule has 1 aliphatic rings. The van der Waals surface area contributed by atoms with E-state index in [-0.39, 0.29) is 0 Å². The summed E-state index contributed by atoms with van der Waals surface area (Å²) in [6.07, 6.45) is 4.73. The molecule has 3 heteroatoms. The van der Waals surface area contributed by atoms with E-state index in [2.05, 4.69) is 11.6 Å². The van der Waals surface area contributed by atoms with Crippen LogP contribution in [0.5, 0.6) is 0 Å². The van der Waals surface area contributed by atoms with Crippen molar-refractivity contribution in [2.45, 2.75) is 25.7 Å². The summed E-state index contributed by atoms with van der Waals surface area (Å²) in [6.45, 7) is 0. The van der Waals surface area contributed by atoms with Gasteiger partial charge in [0, 0.05) is 23.1 Å². The number of aryl methyl sites for hydroxylation is 1. The van der Waals surface area contributed by atoms with Crippen molar-refractivity contribution in [1.82, 2.24) is 0 Å². The SMILES string of the molecule is C[n+]1c2c(c(N)c3ccc(Cl)cc31)CCCC2. The van der Waals surface area contributed by atoms with Crippen LogP contribution in [0.2, 0.25) is 5.02 Å². The third-order valence-corrected chi connectivity index (χ3v) is 4.02. The van der Waals surface area contributed by atoms with Gasteiger partial charge in [-0.2, -0.15) is 4.57 Å². The van der Waals surface area contributed by atoms with Crippen LogP contribution in [0.4, 0.5) is 5.69 Å². The summed E-state index contributed by atoms with van der Waals surface area (Å²) >= 11 is 6.07. The molecule has 3 rings (SSSR count). The fourth-order valence-corrected chi connectivity index (χ4v) is 3.03. The number of nitrogens with zero attached hydrogens (tertiary/aromatic N) is 1. The fourth-order valence-electron chi connectivity index (χ4n) is 2.87. The van der Waals surface area contributed by atoms with Crippen molar-refractivity contribution in [1.29, 1.82) is 0 Å². The number of halogens is 1. The summed E-state index contributed by atoms with van der Waals surface area (Å²) in [5, 5.41) is 1.89. The van der Waals surface area contributed by atoms with Gasteiger partial charge in [-0.3, -0.25) is 0 Å². The molecule has 0 fully saturated rings. The molecule has 17 heavy (non-hydrogen) atoms. The zero-order valence-corrected chi connectivity index (χ0v) is 10.7. The van der Waals surface area contributed by atoms with E-state index in [9.17, 15) is 0 Å². The van der Waals surface area contributed by atoms with E-state index in [0.29, 0.717) is 0 Å². The maximum Gasteiger partial charge on any atom is 0.216 e. The number of pyridine rings is 1. The fraction of sp³-hybridized carbons (Fsp3) is 0.357. The van der Waals surface area contributed by atoms with E-state index < -0.39 is 0 Å². The molecule has 1 aromatic heterocycles. The quantitative estimate of drug-likeness (QED) is 0.713. The van der Waals surface area contributed by atoms with Crippen molar-refractivity contribution in [2.24, 2.45) is 7.05 Å². The van der Waals surface area contributed by atoms with Crippen LogP contribution < -0.4 is 10.3 Å². The standard InChI is InChI=1S/C14H15ClN2/c1-17-12-5-3-2-4-10(12)14(16)11-7-6-9(15)8-13(11)17/h6-8,16H,2-5H2,1H3/p+1. The van der Waals surface area contributed by atoms with E-state index >= 15 is 0 Å². The summed E-state index contributed by atoms with van der Waals surface area (Å²) < 4.78 is 2.26. The summed E-state index contributed by atoms with van der Waals surface area (Å²) in [5.41, 5.74) is 11.1. The summed E-state index contributed by atoms with van der Waals surface area (Å²) in [4.78, 5) is 0. The predicted octanol–water partition coefficient (Wildman–Crippen LogP) is 2.78. The van der Waals surface area contributed by atoms with Crippen molar-refractivity contribution < 1.29 is 4.57 Å². The number of fused-ring (bicyclic) bond motifs is 2. The Labute approximate surface area is 106 Å². The molecule has 0 unspecified atom stereocenters. The van der Waals surface area contributed by atoms with E-state index in [1.54, 1.807) is 0 Å². The van der Waals surface area contributed by atoms with Gasteiger partial charge in [0.15, 0.2) is 5.69 Å². The monoisotopic (exact) mass is 247 g/mol. The number of hydrogen-bond donors (Lipinski definition) is 1. The minimum Gasteiger partial charge on any atom is -0.398 e. The number of nitrogens with two attached hydrogens (primary N) is 1. The van der Waals surface area contributed by atoms with Crippen LogP contribution in [0.1, 0.15) is 24.1 Å². The number of rotatable bonds is 0. The van der Waals surface area contributed by atoms with Crippen LogP contribution in [0.15, 0.2) is 18.2 Å². The lowest BCUT2D eigenvalue weighted by Crippen LogP contribution is -2.37. The number of hydrogen-bond acceptors (Lipinski definition) is 1. The van der Waals surface area contributed by atoms with Gasteiger partial charge in [0.2, 0.25) is 5.52 Å². The highest BCUT2D eigenvalue weighted by atomic mass is 35.5. The van der Waals surface area contributed by atoms with E-state index in [0.717, 1.165) is 34.5 Å². The lowest BCUT2D eigenvalue weighted by molar-refractivity contribution is -0.653. The molecular weight excluding hydrogens is 232 g/mol. The van der Waals surface area contributed by atoms with Gasteiger partial charge in [0.05, 0.1) is 11.1 Å². The zero-order valence-electron chi connectivity index (χ0n) is 9.96. The Kier molecular flexibility index (Phi) is 2.48. The largest absolute Gasteiger partial charge is 0.398 e. The average Bonchev–Trinajstić information content (AvgIpc) is 2.36. The third kappa shape index (κ3) is 1.59. The highest BCUT2D eigenvalue weighted by molar-refractivity contribution is 6.31. The van der Waals surface area contributed by atoms with Crippen molar-refractivity contribution in [3.63, 3.8) is 0 Å². The molecule has 0 saturated heterocycles. The van der Waals surface area contributed by atoms with Crippen LogP contribution in [0.3, 0.4) is 0 Å². The third-order valence-electron chi connectivity index (χ3n) is 3.78. The summed E-state index contributed by atoms with van der Waals surface area (Å²) in [7, 11) is 2.11. The Morgan fingerprint density at radius 1 is 1.24 bits per heavy atom. The van der Waals surface area contributed by atoms with Crippen LogP contribution in [0, 0.1) is 0 Å². The molecule has 2 N–H and O–H groups in total. The van der Waals surface area contributed by atoms with Gasteiger partial charge in [-0.25, -0.2) is 0 Å². The molecule has 1 aromatic carbocycles. The first kappa shape index (κ1) is 10.8. The van der Waals surface area contributed by atoms with Crippen molar-refractivity contribution in [2.75, 3.05) is 5.73 Å². The molecule has 2 nitrogen and oxygen atoms in total. The first-order valence-corrected chi connectivity index (χ1v) is 6.45. The van der Waals surface area contributed by atoms with Gasteiger partial charge >= 0.3 is 0 Å². The second kappa shape index (κ2) is 3.88. The van der Waals surface area contributed by atoms with Crippen molar-refractivity contribution in [3.05, 3.63) is 34.5 Å². The molecule has 2 aromatic rings. The normalized spacial score (nSPS) is 14.9. The lowest BCUT2D eigenvalue weighted by atomic mass is 9.92. The van der Waals surface area contributed by atoms with Crippen molar-refractivity contribution >= 4 is 28.2 Å². The minimum atomic E-state index is 0.767.